The van der Waals surface area contributed by atoms with Crippen molar-refractivity contribution in [2.75, 3.05) is 6.61 Å². The number of hydrogen-bond donors (Lipinski definition) is 0. The molecule has 0 spiro atoms. The Kier molecular flexibility index (Phi) is 3.29. The highest BCUT2D eigenvalue weighted by atomic mass is 16.5. The minimum Gasteiger partial charge on any atom is -0.463 e. The van der Waals surface area contributed by atoms with E-state index in [-0.39, 0.29) is 5.97 Å². The molecule has 0 saturated carbocycles. The molecule has 1 aliphatic carbocycles. The zero-order valence-electron chi connectivity index (χ0n) is 8.52. The van der Waals surface area contributed by atoms with E-state index in [2.05, 4.69) is 13.8 Å². The molecule has 0 aromatic rings. The van der Waals surface area contributed by atoms with Crippen molar-refractivity contribution in [2.45, 2.75) is 33.6 Å². The molecule has 0 aromatic carbocycles. The van der Waals surface area contributed by atoms with Gasteiger partial charge in [0.25, 0.3) is 0 Å². The van der Waals surface area contributed by atoms with Gasteiger partial charge in [0.1, 0.15) is 0 Å². The molecular weight excluding hydrogens is 164 g/mol. The van der Waals surface area contributed by atoms with Crippen LogP contribution in [0, 0.1) is 0 Å². The molecule has 0 radical (unpaired) electrons. The number of hydrogen-bond acceptors (Lipinski definition) is 2. The minimum atomic E-state index is -0.158. The molecule has 0 aliphatic heterocycles. The Labute approximate surface area is 79.3 Å². The summed E-state index contributed by atoms with van der Waals surface area (Å²) >= 11 is 0. The first kappa shape index (κ1) is 10.0. The summed E-state index contributed by atoms with van der Waals surface area (Å²) in [4.78, 5) is 11.3. The fraction of sp³-hybridized carbons (Fsp3) is 0.545. The first-order valence-electron chi connectivity index (χ1n) is 4.66. The number of carbonyl (C=O) groups is 1. The van der Waals surface area contributed by atoms with Crippen LogP contribution in [-0.4, -0.2) is 12.6 Å². The lowest BCUT2D eigenvalue weighted by molar-refractivity contribution is -0.138. The van der Waals surface area contributed by atoms with E-state index >= 15 is 0 Å². The van der Waals surface area contributed by atoms with Gasteiger partial charge in [-0.05, 0) is 27.2 Å². The largest absolute Gasteiger partial charge is 0.463 e. The summed E-state index contributed by atoms with van der Waals surface area (Å²) in [5.41, 5.74) is 3.48. The fourth-order valence-electron chi connectivity index (χ4n) is 1.34. The Morgan fingerprint density at radius 3 is 2.69 bits per heavy atom. The molecule has 2 heteroatoms. The van der Waals surface area contributed by atoms with Crippen LogP contribution in [0.5, 0.6) is 0 Å². The molecule has 13 heavy (non-hydrogen) atoms. The second kappa shape index (κ2) is 4.26. The summed E-state index contributed by atoms with van der Waals surface area (Å²) in [7, 11) is 0. The summed E-state index contributed by atoms with van der Waals surface area (Å²) in [6.07, 6.45) is 3.62. The van der Waals surface area contributed by atoms with Crippen LogP contribution in [0.2, 0.25) is 0 Å². The Morgan fingerprint density at radius 1 is 1.46 bits per heavy atom. The first-order valence-corrected chi connectivity index (χ1v) is 4.66. The molecule has 0 atom stereocenters. The van der Waals surface area contributed by atoms with Crippen LogP contribution in [-0.2, 0) is 9.53 Å². The average Bonchev–Trinajstić information content (AvgIpc) is 2.10. The SMILES string of the molecule is CCOC(=O)C1=CCC(C)=C(C)C1. The van der Waals surface area contributed by atoms with Crippen molar-refractivity contribution in [1.82, 2.24) is 0 Å². The van der Waals surface area contributed by atoms with Crippen LogP contribution in [0.3, 0.4) is 0 Å². The highest BCUT2D eigenvalue weighted by Crippen LogP contribution is 2.24. The standard InChI is InChI=1S/C11H16O2/c1-4-13-11(12)10-6-5-8(2)9(3)7-10/h6H,4-5,7H2,1-3H3. The van der Waals surface area contributed by atoms with Crippen LogP contribution < -0.4 is 0 Å². The predicted molar refractivity (Wildman–Crippen MR) is 52.3 cm³/mol. The predicted octanol–water partition coefficient (Wildman–Crippen LogP) is 2.61. The van der Waals surface area contributed by atoms with Crippen molar-refractivity contribution in [1.29, 1.82) is 0 Å². The van der Waals surface area contributed by atoms with Gasteiger partial charge < -0.3 is 4.74 Å². The van der Waals surface area contributed by atoms with Gasteiger partial charge in [0.05, 0.1) is 6.61 Å². The molecule has 1 rings (SSSR count). The Balaban J connectivity index is 2.61. The molecule has 0 bridgehead atoms. The van der Waals surface area contributed by atoms with E-state index < -0.39 is 0 Å². The van der Waals surface area contributed by atoms with E-state index in [1.807, 2.05) is 13.0 Å². The van der Waals surface area contributed by atoms with Crippen molar-refractivity contribution in [2.24, 2.45) is 0 Å². The van der Waals surface area contributed by atoms with E-state index in [1.54, 1.807) is 0 Å². The molecule has 0 heterocycles. The lowest BCUT2D eigenvalue weighted by Crippen LogP contribution is -2.10. The number of esters is 1. The maximum absolute atomic E-state index is 11.3. The monoisotopic (exact) mass is 180 g/mol. The molecule has 1 aliphatic rings. The quantitative estimate of drug-likeness (QED) is 0.482. The summed E-state index contributed by atoms with van der Waals surface area (Å²) in [5.74, 6) is -0.158. The molecule has 0 unspecified atom stereocenters. The lowest BCUT2D eigenvalue weighted by Gasteiger charge is -2.14. The lowest BCUT2D eigenvalue weighted by atomic mass is 9.94. The number of carbonyl (C=O) groups excluding carboxylic acids is 1. The first-order chi connectivity index (χ1) is 6.15. The number of allylic oxidation sites excluding steroid dienone is 3. The van der Waals surface area contributed by atoms with Gasteiger partial charge >= 0.3 is 5.97 Å². The van der Waals surface area contributed by atoms with Crippen molar-refractivity contribution in [3.63, 3.8) is 0 Å². The zero-order chi connectivity index (χ0) is 9.84. The molecule has 0 fully saturated rings. The minimum absolute atomic E-state index is 0.158. The summed E-state index contributed by atoms with van der Waals surface area (Å²) in [5, 5.41) is 0. The van der Waals surface area contributed by atoms with Gasteiger partial charge in [-0.2, -0.15) is 0 Å². The second-order valence-electron chi connectivity index (χ2n) is 3.39. The molecule has 0 N–H and O–H groups in total. The van der Waals surface area contributed by atoms with Gasteiger partial charge in [-0.25, -0.2) is 4.79 Å². The summed E-state index contributed by atoms with van der Waals surface area (Å²) in [6, 6.07) is 0. The van der Waals surface area contributed by atoms with Gasteiger partial charge in [-0.1, -0.05) is 17.2 Å². The van der Waals surface area contributed by atoms with Crippen LogP contribution in [0.4, 0.5) is 0 Å². The summed E-state index contributed by atoms with van der Waals surface area (Å²) in [6.45, 7) is 6.46. The van der Waals surface area contributed by atoms with Gasteiger partial charge in [0.2, 0.25) is 0 Å². The topological polar surface area (TPSA) is 26.3 Å². The van der Waals surface area contributed by atoms with E-state index in [0.717, 1.165) is 18.4 Å². The number of ether oxygens (including phenoxy) is 1. The molecular formula is C11H16O2. The van der Waals surface area contributed by atoms with E-state index in [4.69, 9.17) is 4.74 Å². The summed E-state index contributed by atoms with van der Waals surface area (Å²) < 4.78 is 4.94. The highest BCUT2D eigenvalue weighted by molar-refractivity contribution is 5.89. The van der Waals surface area contributed by atoms with Crippen molar-refractivity contribution in [3.8, 4) is 0 Å². The Morgan fingerprint density at radius 2 is 2.15 bits per heavy atom. The Bertz CT molecular complexity index is 272. The molecule has 72 valence electrons. The van der Waals surface area contributed by atoms with Crippen molar-refractivity contribution in [3.05, 3.63) is 22.8 Å². The second-order valence-corrected chi connectivity index (χ2v) is 3.39. The maximum atomic E-state index is 11.3. The zero-order valence-corrected chi connectivity index (χ0v) is 8.52. The molecule has 0 aromatic heterocycles. The normalized spacial score (nSPS) is 17.0. The molecule has 0 amide bonds. The van der Waals surface area contributed by atoms with E-state index in [9.17, 15) is 4.79 Å². The Hall–Kier alpha value is -1.05. The molecule has 2 nitrogen and oxygen atoms in total. The van der Waals surface area contributed by atoms with E-state index in [1.165, 1.54) is 11.1 Å². The van der Waals surface area contributed by atoms with E-state index in [0.29, 0.717) is 6.61 Å². The van der Waals surface area contributed by atoms with Crippen LogP contribution >= 0.6 is 0 Å². The third kappa shape index (κ3) is 2.44. The fourth-order valence-corrected chi connectivity index (χ4v) is 1.34. The van der Waals surface area contributed by atoms with Crippen molar-refractivity contribution >= 4 is 5.97 Å². The smallest absolute Gasteiger partial charge is 0.334 e. The third-order valence-electron chi connectivity index (χ3n) is 2.38. The average molecular weight is 180 g/mol. The van der Waals surface area contributed by atoms with Gasteiger partial charge in [0.15, 0.2) is 0 Å². The van der Waals surface area contributed by atoms with Crippen LogP contribution in [0.15, 0.2) is 22.8 Å². The maximum Gasteiger partial charge on any atom is 0.334 e. The molecule has 0 saturated heterocycles. The van der Waals surface area contributed by atoms with Crippen molar-refractivity contribution < 1.29 is 9.53 Å². The number of rotatable bonds is 2. The van der Waals surface area contributed by atoms with Crippen LogP contribution in [0.1, 0.15) is 33.6 Å². The van der Waals surface area contributed by atoms with Gasteiger partial charge in [0, 0.05) is 12.0 Å². The van der Waals surface area contributed by atoms with Gasteiger partial charge in [-0.15, -0.1) is 0 Å². The van der Waals surface area contributed by atoms with Gasteiger partial charge in [-0.3, -0.25) is 0 Å². The highest BCUT2D eigenvalue weighted by Gasteiger charge is 2.15. The third-order valence-corrected chi connectivity index (χ3v) is 2.38. The van der Waals surface area contributed by atoms with Crippen LogP contribution in [0.25, 0.3) is 0 Å².